The molecule has 2 aromatic rings. The largest absolute Gasteiger partial charge is 0.476 e. The first kappa shape index (κ1) is 14.1. The quantitative estimate of drug-likeness (QED) is 0.673. The van der Waals surface area contributed by atoms with Gasteiger partial charge < -0.3 is 5.11 Å². The van der Waals surface area contributed by atoms with Gasteiger partial charge in [0.25, 0.3) is 5.69 Å². The molecule has 0 aliphatic rings. The topological polar surface area (TPSA) is 111 Å². The number of hydrogen-bond acceptors (Lipinski definition) is 5. The van der Waals surface area contributed by atoms with Gasteiger partial charge in [-0.2, -0.15) is 0 Å². The van der Waals surface area contributed by atoms with Gasteiger partial charge in [-0.15, -0.1) is 5.10 Å². The number of aromatic nitrogens is 3. The van der Waals surface area contributed by atoms with Crippen molar-refractivity contribution in [2.75, 3.05) is 0 Å². The van der Waals surface area contributed by atoms with Gasteiger partial charge in [0.15, 0.2) is 5.69 Å². The first-order chi connectivity index (χ1) is 9.41. The van der Waals surface area contributed by atoms with Crippen LogP contribution in [0.25, 0.3) is 0 Å². The van der Waals surface area contributed by atoms with Crippen LogP contribution in [0.1, 0.15) is 21.7 Å². The highest BCUT2D eigenvalue weighted by molar-refractivity contribution is 9.10. The fourth-order valence-corrected chi connectivity index (χ4v) is 2.23. The predicted molar refractivity (Wildman–Crippen MR) is 71.6 cm³/mol. The van der Waals surface area contributed by atoms with Crippen molar-refractivity contribution in [3.63, 3.8) is 0 Å². The first-order valence-electron chi connectivity index (χ1n) is 5.47. The summed E-state index contributed by atoms with van der Waals surface area (Å²) in [4.78, 5) is 21.2. The fourth-order valence-electron chi connectivity index (χ4n) is 1.70. The van der Waals surface area contributed by atoms with Crippen LogP contribution in [0.15, 0.2) is 22.7 Å². The van der Waals surface area contributed by atoms with Crippen LogP contribution in [-0.4, -0.2) is 31.0 Å². The molecule has 0 aliphatic carbocycles. The molecule has 0 aliphatic heterocycles. The Morgan fingerprint density at radius 1 is 1.55 bits per heavy atom. The average molecular weight is 341 g/mol. The van der Waals surface area contributed by atoms with Crippen molar-refractivity contribution < 1.29 is 14.8 Å². The Balaban J connectivity index is 2.38. The molecule has 1 heterocycles. The Bertz CT molecular complexity index is 698. The summed E-state index contributed by atoms with van der Waals surface area (Å²) in [5.41, 5.74) is 0.810. The second-order valence-electron chi connectivity index (χ2n) is 3.99. The maximum Gasteiger partial charge on any atom is 0.358 e. The van der Waals surface area contributed by atoms with E-state index in [1.807, 2.05) is 0 Å². The zero-order valence-electron chi connectivity index (χ0n) is 10.3. The first-order valence-corrected chi connectivity index (χ1v) is 6.26. The van der Waals surface area contributed by atoms with Crippen molar-refractivity contribution in [1.29, 1.82) is 0 Å². The number of nitro benzene ring substituents is 1. The van der Waals surface area contributed by atoms with E-state index in [-0.39, 0.29) is 17.9 Å². The minimum atomic E-state index is -1.16. The van der Waals surface area contributed by atoms with E-state index < -0.39 is 10.9 Å². The van der Waals surface area contributed by atoms with Gasteiger partial charge in [-0.3, -0.25) is 10.1 Å². The van der Waals surface area contributed by atoms with Crippen molar-refractivity contribution in [3.8, 4) is 0 Å². The highest BCUT2D eigenvalue weighted by Gasteiger charge is 2.18. The number of carboxylic acids is 1. The number of halogens is 1. The third-order valence-electron chi connectivity index (χ3n) is 2.76. The third kappa shape index (κ3) is 2.52. The van der Waals surface area contributed by atoms with E-state index in [0.29, 0.717) is 15.7 Å². The molecule has 20 heavy (non-hydrogen) atoms. The van der Waals surface area contributed by atoms with E-state index >= 15 is 0 Å². The molecule has 0 saturated heterocycles. The number of carboxylic acid groups (broad SMARTS) is 1. The van der Waals surface area contributed by atoms with Crippen LogP contribution >= 0.6 is 15.9 Å². The summed E-state index contributed by atoms with van der Waals surface area (Å²) in [5.74, 6) is -1.16. The molecular formula is C11H9BrN4O4. The lowest BCUT2D eigenvalue weighted by molar-refractivity contribution is -0.385. The minimum Gasteiger partial charge on any atom is -0.476 e. The molecule has 1 aromatic carbocycles. The summed E-state index contributed by atoms with van der Waals surface area (Å²) < 4.78 is 1.73. The fraction of sp³-hybridized carbons (Fsp3) is 0.182. The highest BCUT2D eigenvalue weighted by Crippen LogP contribution is 2.28. The maximum absolute atomic E-state index is 10.9. The van der Waals surface area contributed by atoms with Gasteiger partial charge >= 0.3 is 5.97 Å². The Labute approximate surface area is 121 Å². The zero-order valence-corrected chi connectivity index (χ0v) is 11.9. The van der Waals surface area contributed by atoms with E-state index in [4.69, 9.17) is 5.11 Å². The molecule has 0 atom stereocenters. The van der Waals surface area contributed by atoms with E-state index in [1.165, 1.54) is 10.7 Å². The number of hydrogen-bond donors (Lipinski definition) is 1. The second kappa shape index (κ2) is 5.37. The van der Waals surface area contributed by atoms with E-state index in [9.17, 15) is 14.9 Å². The molecule has 1 N–H and O–H groups in total. The van der Waals surface area contributed by atoms with Crippen LogP contribution in [0.2, 0.25) is 0 Å². The third-order valence-corrected chi connectivity index (χ3v) is 3.68. The van der Waals surface area contributed by atoms with Crippen molar-refractivity contribution in [2.45, 2.75) is 13.5 Å². The van der Waals surface area contributed by atoms with Crippen molar-refractivity contribution in [2.24, 2.45) is 0 Å². The van der Waals surface area contributed by atoms with Gasteiger partial charge in [0.05, 0.1) is 17.2 Å². The molecule has 0 saturated carbocycles. The number of carbonyl (C=O) groups is 1. The van der Waals surface area contributed by atoms with Gasteiger partial charge in [-0.1, -0.05) is 17.3 Å². The Morgan fingerprint density at radius 2 is 2.25 bits per heavy atom. The van der Waals surface area contributed by atoms with Crippen LogP contribution < -0.4 is 0 Å². The summed E-state index contributed by atoms with van der Waals surface area (Å²) in [5, 5.41) is 27.1. The number of nitrogens with zero attached hydrogens (tertiary/aromatic N) is 4. The lowest BCUT2D eigenvalue weighted by Crippen LogP contribution is -2.07. The molecule has 1 aromatic heterocycles. The Morgan fingerprint density at radius 3 is 2.80 bits per heavy atom. The van der Waals surface area contributed by atoms with Gasteiger partial charge in [-0.25, -0.2) is 9.48 Å². The smallest absolute Gasteiger partial charge is 0.358 e. The summed E-state index contributed by atoms with van der Waals surface area (Å²) in [6.07, 6.45) is 0. The standard InChI is InChI=1S/C11H9BrN4O4/c1-6-10(11(17)18)13-14-15(6)5-7-3-2-4-8(9(7)12)16(19)20/h2-4H,5H2,1H3,(H,17,18). The molecule has 0 fully saturated rings. The summed E-state index contributed by atoms with van der Waals surface area (Å²) in [7, 11) is 0. The lowest BCUT2D eigenvalue weighted by Gasteiger charge is -2.06. The number of rotatable bonds is 4. The molecule has 8 nitrogen and oxygen atoms in total. The molecule has 0 bridgehead atoms. The van der Waals surface area contributed by atoms with Gasteiger partial charge in [-0.05, 0) is 28.4 Å². The molecule has 0 amide bonds. The number of aromatic carboxylic acids is 1. The van der Waals surface area contributed by atoms with Gasteiger partial charge in [0.2, 0.25) is 0 Å². The Kier molecular flexibility index (Phi) is 3.79. The van der Waals surface area contributed by atoms with Crippen LogP contribution in [0, 0.1) is 17.0 Å². The summed E-state index contributed by atoms with van der Waals surface area (Å²) >= 11 is 3.18. The monoisotopic (exact) mass is 340 g/mol. The second-order valence-corrected chi connectivity index (χ2v) is 4.79. The van der Waals surface area contributed by atoms with E-state index in [0.717, 1.165) is 0 Å². The minimum absolute atomic E-state index is 0.0567. The van der Waals surface area contributed by atoms with Crippen molar-refractivity contribution >= 4 is 27.6 Å². The SMILES string of the molecule is Cc1c(C(=O)O)nnn1Cc1cccc([N+](=O)[O-])c1Br. The van der Waals surface area contributed by atoms with Crippen molar-refractivity contribution in [1.82, 2.24) is 15.0 Å². The number of nitro groups is 1. The molecular weight excluding hydrogens is 332 g/mol. The molecule has 0 spiro atoms. The Hall–Kier alpha value is -2.29. The molecule has 2 rings (SSSR count). The van der Waals surface area contributed by atoms with Crippen molar-refractivity contribution in [3.05, 3.63) is 49.7 Å². The van der Waals surface area contributed by atoms with Crippen LogP contribution in [0.5, 0.6) is 0 Å². The molecule has 0 unspecified atom stereocenters. The molecule has 9 heteroatoms. The normalized spacial score (nSPS) is 10.5. The number of benzene rings is 1. The van der Waals surface area contributed by atoms with Gasteiger partial charge in [0.1, 0.15) is 4.47 Å². The molecule has 104 valence electrons. The predicted octanol–water partition coefficient (Wildman–Crippen LogP) is 2.00. The van der Waals surface area contributed by atoms with Gasteiger partial charge in [0, 0.05) is 6.07 Å². The average Bonchev–Trinajstić information content (AvgIpc) is 2.73. The zero-order chi connectivity index (χ0) is 14.9. The highest BCUT2D eigenvalue weighted by atomic mass is 79.9. The van der Waals surface area contributed by atoms with Crippen LogP contribution in [-0.2, 0) is 6.54 Å². The van der Waals surface area contributed by atoms with E-state index in [2.05, 4.69) is 26.2 Å². The molecule has 0 radical (unpaired) electrons. The lowest BCUT2D eigenvalue weighted by atomic mass is 10.2. The summed E-state index contributed by atoms with van der Waals surface area (Å²) in [6, 6.07) is 4.63. The summed E-state index contributed by atoms with van der Waals surface area (Å²) in [6.45, 7) is 1.77. The van der Waals surface area contributed by atoms with Crippen LogP contribution in [0.4, 0.5) is 5.69 Å². The maximum atomic E-state index is 10.9. The van der Waals surface area contributed by atoms with Crippen LogP contribution in [0.3, 0.4) is 0 Å². The van der Waals surface area contributed by atoms with E-state index in [1.54, 1.807) is 19.1 Å².